The molecule has 0 atom stereocenters. The molecule has 0 aromatic carbocycles. The van der Waals surface area contributed by atoms with Gasteiger partial charge in [0.25, 0.3) is 0 Å². The summed E-state index contributed by atoms with van der Waals surface area (Å²) in [4.78, 5) is 10.2. The zero-order chi connectivity index (χ0) is 12.8. The third-order valence-corrected chi connectivity index (χ3v) is 2.33. The number of aromatic nitrogens is 4. The first-order valence-electron chi connectivity index (χ1n) is 4.88. The lowest BCUT2D eigenvalue weighted by Crippen LogP contribution is -2.04. The number of nitrogens with one attached hydrogen (secondary N) is 1. The first kappa shape index (κ1) is 10.8. The fourth-order valence-electron chi connectivity index (χ4n) is 1.52. The van der Waals surface area contributed by atoms with Gasteiger partial charge in [0, 0.05) is 23.3 Å². The quantitative estimate of drug-likeness (QED) is 0.724. The van der Waals surface area contributed by atoms with Gasteiger partial charge < -0.3 is 9.51 Å². The number of halogens is 3. The molecule has 18 heavy (non-hydrogen) atoms. The van der Waals surface area contributed by atoms with Crippen LogP contribution in [0.5, 0.6) is 0 Å². The zero-order valence-corrected chi connectivity index (χ0v) is 8.69. The Bertz CT molecular complexity index is 700. The minimum atomic E-state index is -4.64. The Labute approximate surface area is 97.6 Å². The van der Waals surface area contributed by atoms with E-state index in [0.29, 0.717) is 11.2 Å². The molecule has 0 saturated carbocycles. The second kappa shape index (κ2) is 3.56. The molecule has 0 aliphatic heterocycles. The molecule has 0 unspecified atom stereocenters. The van der Waals surface area contributed by atoms with Crippen molar-refractivity contribution in [3.63, 3.8) is 0 Å². The number of rotatable bonds is 1. The first-order valence-corrected chi connectivity index (χ1v) is 4.88. The molecule has 0 bridgehead atoms. The van der Waals surface area contributed by atoms with Crippen LogP contribution >= 0.6 is 0 Å². The van der Waals surface area contributed by atoms with Gasteiger partial charge in [-0.2, -0.15) is 18.2 Å². The number of alkyl halides is 3. The third kappa shape index (κ3) is 1.71. The van der Waals surface area contributed by atoms with Crippen LogP contribution in [0.4, 0.5) is 13.2 Å². The monoisotopic (exact) mass is 254 g/mol. The van der Waals surface area contributed by atoms with Crippen molar-refractivity contribution in [3.8, 4) is 11.4 Å². The first-order chi connectivity index (χ1) is 8.54. The summed E-state index contributed by atoms with van der Waals surface area (Å²) in [7, 11) is 0. The lowest BCUT2D eigenvalue weighted by atomic mass is 10.2. The van der Waals surface area contributed by atoms with Crippen molar-refractivity contribution in [3.05, 3.63) is 30.4 Å². The highest BCUT2D eigenvalue weighted by molar-refractivity contribution is 5.79. The van der Waals surface area contributed by atoms with Gasteiger partial charge in [-0.1, -0.05) is 5.16 Å². The Hall–Kier alpha value is -2.38. The molecule has 0 radical (unpaired) electrons. The maximum Gasteiger partial charge on any atom is 0.471 e. The molecular formula is C10H5F3N4O. The van der Waals surface area contributed by atoms with E-state index in [1.165, 1.54) is 6.20 Å². The highest BCUT2D eigenvalue weighted by atomic mass is 19.4. The van der Waals surface area contributed by atoms with E-state index in [4.69, 9.17) is 0 Å². The molecule has 3 heterocycles. The summed E-state index contributed by atoms with van der Waals surface area (Å²) in [6, 6.07) is 3.38. The summed E-state index contributed by atoms with van der Waals surface area (Å²) in [5.74, 6) is -1.51. The van der Waals surface area contributed by atoms with Crippen LogP contribution in [0.2, 0.25) is 0 Å². The van der Waals surface area contributed by atoms with Gasteiger partial charge in [-0.25, -0.2) is 4.98 Å². The molecule has 0 aliphatic carbocycles. The van der Waals surface area contributed by atoms with Crippen molar-refractivity contribution >= 4 is 11.0 Å². The summed E-state index contributed by atoms with van der Waals surface area (Å²) in [5.41, 5.74) is 1.000. The van der Waals surface area contributed by atoms with E-state index in [9.17, 15) is 13.2 Å². The van der Waals surface area contributed by atoms with E-state index < -0.39 is 12.1 Å². The second-order valence-corrected chi connectivity index (χ2v) is 3.56. The molecule has 3 aromatic rings. The van der Waals surface area contributed by atoms with Crippen molar-refractivity contribution in [1.82, 2.24) is 20.1 Å². The number of H-pyrrole nitrogens is 1. The van der Waals surface area contributed by atoms with Gasteiger partial charge in [-0.15, -0.1) is 0 Å². The Morgan fingerprint density at radius 2 is 2.11 bits per heavy atom. The van der Waals surface area contributed by atoms with Crippen molar-refractivity contribution in [2.24, 2.45) is 0 Å². The van der Waals surface area contributed by atoms with E-state index in [2.05, 4.69) is 24.6 Å². The number of pyridine rings is 1. The van der Waals surface area contributed by atoms with Crippen LogP contribution in [0.1, 0.15) is 5.89 Å². The predicted octanol–water partition coefficient (Wildman–Crippen LogP) is 2.63. The molecule has 0 amide bonds. The molecule has 3 aromatic heterocycles. The molecule has 0 spiro atoms. The fourth-order valence-corrected chi connectivity index (χ4v) is 1.52. The number of nitrogens with zero attached hydrogens (tertiary/aromatic N) is 3. The van der Waals surface area contributed by atoms with Gasteiger partial charge in [-0.05, 0) is 12.1 Å². The summed E-state index contributed by atoms with van der Waals surface area (Å²) in [6.45, 7) is 0. The van der Waals surface area contributed by atoms with Crippen molar-refractivity contribution in [2.45, 2.75) is 6.18 Å². The Kier molecular flexibility index (Phi) is 2.12. The van der Waals surface area contributed by atoms with Crippen LogP contribution < -0.4 is 0 Å². The average molecular weight is 254 g/mol. The van der Waals surface area contributed by atoms with E-state index in [0.717, 1.165) is 5.39 Å². The molecule has 3 rings (SSSR count). The summed E-state index contributed by atoms with van der Waals surface area (Å²) in [5, 5.41) is 4.04. The molecule has 1 N–H and O–H groups in total. The summed E-state index contributed by atoms with van der Waals surface area (Å²) >= 11 is 0. The van der Waals surface area contributed by atoms with Gasteiger partial charge in [0.2, 0.25) is 5.82 Å². The van der Waals surface area contributed by atoms with E-state index in [1.54, 1.807) is 18.3 Å². The van der Waals surface area contributed by atoms with Gasteiger partial charge in [0.15, 0.2) is 0 Å². The van der Waals surface area contributed by atoms with E-state index >= 15 is 0 Å². The van der Waals surface area contributed by atoms with Gasteiger partial charge in [0.05, 0.1) is 0 Å². The SMILES string of the molecule is FC(F)(F)c1nc(-c2cnc3[nH]ccc3c2)no1. The van der Waals surface area contributed by atoms with Crippen LogP contribution in [0.15, 0.2) is 29.0 Å². The van der Waals surface area contributed by atoms with Crippen LogP contribution in [0.3, 0.4) is 0 Å². The number of hydrogen-bond acceptors (Lipinski definition) is 4. The highest BCUT2D eigenvalue weighted by Gasteiger charge is 2.38. The number of aromatic amines is 1. The highest BCUT2D eigenvalue weighted by Crippen LogP contribution is 2.29. The Morgan fingerprint density at radius 1 is 1.28 bits per heavy atom. The second-order valence-electron chi connectivity index (χ2n) is 3.56. The molecule has 0 aliphatic rings. The maximum absolute atomic E-state index is 12.3. The molecule has 0 saturated heterocycles. The predicted molar refractivity (Wildman–Crippen MR) is 54.4 cm³/mol. The van der Waals surface area contributed by atoms with E-state index in [1.807, 2.05) is 0 Å². The smallest absolute Gasteiger partial charge is 0.346 e. The molecule has 8 heteroatoms. The Morgan fingerprint density at radius 3 is 2.83 bits per heavy atom. The largest absolute Gasteiger partial charge is 0.471 e. The van der Waals surface area contributed by atoms with E-state index in [-0.39, 0.29) is 5.82 Å². The standard InChI is InChI=1S/C10H5F3N4O/c11-10(12,13)9-16-8(17-18-9)6-3-5-1-2-14-7(5)15-4-6/h1-4H,(H,14,15). The van der Waals surface area contributed by atoms with Crippen LogP contribution in [-0.4, -0.2) is 20.1 Å². The molecule has 5 nitrogen and oxygen atoms in total. The van der Waals surface area contributed by atoms with Gasteiger partial charge in [0.1, 0.15) is 5.65 Å². The van der Waals surface area contributed by atoms with Crippen LogP contribution in [-0.2, 0) is 6.18 Å². The van der Waals surface area contributed by atoms with Crippen molar-refractivity contribution < 1.29 is 17.7 Å². The number of hydrogen-bond donors (Lipinski definition) is 1. The summed E-state index contributed by atoms with van der Waals surface area (Å²) in [6.07, 6.45) is -1.58. The van der Waals surface area contributed by atoms with Crippen molar-refractivity contribution in [1.29, 1.82) is 0 Å². The fraction of sp³-hybridized carbons (Fsp3) is 0.100. The topological polar surface area (TPSA) is 67.6 Å². The summed E-state index contributed by atoms with van der Waals surface area (Å²) < 4.78 is 41.1. The maximum atomic E-state index is 12.3. The molecule has 0 fully saturated rings. The normalized spacial score (nSPS) is 12.2. The lowest BCUT2D eigenvalue weighted by Gasteiger charge is -1.96. The molecular weight excluding hydrogens is 249 g/mol. The average Bonchev–Trinajstić information content (AvgIpc) is 2.96. The third-order valence-electron chi connectivity index (χ3n) is 2.33. The Balaban J connectivity index is 2.06. The molecule has 92 valence electrons. The zero-order valence-electron chi connectivity index (χ0n) is 8.69. The van der Waals surface area contributed by atoms with Gasteiger partial charge >= 0.3 is 12.1 Å². The lowest BCUT2D eigenvalue weighted by molar-refractivity contribution is -0.159. The van der Waals surface area contributed by atoms with Crippen LogP contribution in [0, 0.1) is 0 Å². The van der Waals surface area contributed by atoms with Gasteiger partial charge in [-0.3, -0.25) is 0 Å². The minimum absolute atomic E-state index is 0.141. The van der Waals surface area contributed by atoms with Crippen LogP contribution in [0.25, 0.3) is 22.4 Å². The number of fused-ring (bicyclic) bond motifs is 1. The minimum Gasteiger partial charge on any atom is -0.346 e. The van der Waals surface area contributed by atoms with Crippen molar-refractivity contribution in [2.75, 3.05) is 0 Å².